The molecule has 1 aromatic heterocycles. The Balaban J connectivity index is 1.56. The van der Waals surface area contributed by atoms with Gasteiger partial charge in [-0.05, 0) is 57.4 Å². The van der Waals surface area contributed by atoms with Crippen molar-refractivity contribution < 1.29 is 9.18 Å². The average molecular weight is 348 g/mol. The van der Waals surface area contributed by atoms with Gasteiger partial charge in [0.05, 0.1) is 4.88 Å². The van der Waals surface area contributed by atoms with Gasteiger partial charge < -0.3 is 10.2 Å². The molecule has 1 unspecified atom stereocenters. The van der Waals surface area contributed by atoms with E-state index in [2.05, 4.69) is 17.1 Å². The predicted octanol–water partition coefficient (Wildman–Crippen LogP) is 4.34. The van der Waals surface area contributed by atoms with Crippen LogP contribution in [0.1, 0.15) is 47.8 Å². The number of nitrogens with one attached hydrogen (secondary N) is 1. The van der Waals surface area contributed by atoms with Crippen LogP contribution in [0.15, 0.2) is 18.2 Å². The van der Waals surface area contributed by atoms with Gasteiger partial charge in [-0.15, -0.1) is 11.3 Å². The third kappa shape index (κ3) is 3.62. The van der Waals surface area contributed by atoms with Crippen LogP contribution in [0, 0.1) is 12.7 Å². The van der Waals surface area contributed by atoms with Gasteiger partial charge in [-0.3, -0.25) is 4.79 Å². The molecule has 1 atom stereocenters. The zero-order chi connectivity index (χ0) is 17.1. The lowest BCUT2D eigenvalue weighted by molar-refractivity contribution is 0.0952. The second kappa shape index (κ2) is 7.62. The first-order chi connectivity index (χ1) is 11.6. The van der Waals surface area contributed by atoms with E-state index in [1.807, 2.05) is 13.0 Å². The maximum Gasteiger partial charge on any atom is 0.261 e. The maximum atomic E-state index is 13.9. The third-order valence-corrected chi connectivity index (χ3v) is 6.21. The Bertz CT molecular complexity index is 727. The molecule has 1 aromatic carbocycles. The van der Waals surface area contributed by atoms with Gasteiger partial charge in [-0.1, -0.05) is 12.5 Å². The number of nitrogens with zero attached hydrogens (tertiary/aromatic N) is 1. The molecule has 0 spiro atoms. The van der Waals surface area contributed by atoms with E-state index in [4.69, 9.17) is 0 Å². The van der Waals surface area contributed by atoms with Crippen LogP contribution in [0.5, 0.6) is 0 Å². The van der Waals surface area contributed by atoms with E-state index in [-0.39, 0.29) is 11.7 Å². The van der Waals surface area contributed by atoms with Crippen molar-refractivity contribution in [3.05, 3.63) is 34.5 Å². The number of halogens is 1. The second-order valence-electron chi connectivity index (χ2n) is 6.66. The number of hydrogen-bond acceptors (Lipinski definition) is 3. The highest BCUT2D eigenvalue weighted by molar-refractivity contribution is 7.21. The number of piperidine rings is 1. The Hall–Kier alpha value is -1.46. The Morgan fingerprint density at radius 2 is 2.25 bits per heavy atom. The summed E-state index contributed by atoms with van der Waals surface area (Å²) in [5, 5.41) is 3.58. The van der Waals surface area contributed by atoms with Gasteiger partial charge in [-0.2, -0.15) is 0 Å². The normalized spacial score (nSPS) is 18.9. The summed E-state index contributed by atoms with van der Waals surface area (Å²) in [5.74, 6) is -0.334. The maximum absolute atomic E-state index is 13.9. The van der Waals surface area contributed by atoms with Crippen molar-refractivity contribution in [2.24, 2.45) is 0 Å². The Morgan fingerprint density at radius 1 is 1.42 bits per heavy atom. The summed E-state index contributed by atoms with van der Waals surface area (Å²) in [6.07, 6.45) is 4.84. The van der Waals surface area contributed by atoms with Crippen LogP contribution in [0.3, 0.4) is 0 Å². The van der Waals surface area contributed by atoms with Gasteiger partial charge in [0.2, 0.25) is 0 Å². The lowest BCUT2D eigenvalue weighted by atomic mass is 10.0. The minimum Gasteiger partial charge on any atom is -0.351 e. The molecule has 1 saturated heterocycles. The molecule has 2 heterocycles. The van der Waals surface area contributed by atoms with Crippen molar-refractivity contribution in [1.29, 1.82) is 0 Å². The summed E-state index contributed by atoms with van der Waals surface area (Å²) < 4.78 is 14.8. The number of amides is 1. The molecule has 130 valence electrons. The van der Waals surface area contributed by atoms with E-state index >= 15 is 0 Å². The summed E-state index contributed by atoms with van der Waals surface area (Å²) in [6.45, 7) is 6.97. The quantitative estimate of drug-likeness (QED) is 0.815. The van der Waals surface area contributed by atoms with Crippen LogP contribution >= 0.6 is 11.3 Å². The van der Waals surface area contributed by atoms with E-state index in [9.17, 15) is 9.18 Å². The molecule has 1 aliphatic heterocycles. The Morgan fingerprint density at radius 3 is 3.00 bits per heavy atom. The topological polar surface area (TPSA) is 32.3 Å². The number of rotatable bonds is 5. The van der Waals surface area contributed by atoms with E-state index < -0.39 is 0 Å². The summed E-state index contributed by atoms with van der Waals surface area (Å²) >= 11 is 1.37. The van der Waals surface area contributed by atoms with Crippen molar-refractivity contribution in [1.82, 2.24) is 10.2 Å². The minimum absolute atomic E-state index is 0.0835. The largest absolute Gasteiger partial charge is 0.351 e. The molecule has 3 rings (SSSR count). The number of carbonyl (C=O) groups is 1. The first-order valence-electron chi connectivity index (χ1n) is 8.78. The SMILES string of the molecule is Cc1c(C(=O)NCCCN2CCCCC2C)sc2cccc(F)c12. The molecule has 24 heavy (non-hydrogen) atoms. The number of likely N-dealkylation sites (tertiary alicyclic amines) is 1. The molecule has 1 N–H and O–H groups in total. The molecular weight excluding hydrogens is 323 g/mol. The Kier molecular flexibility index (Phi) is 5.51. The molecule has 0 saturated carbocycles. The highest BCUT2D eigenvalue weighted by Gasteiger charge is 2.19. The van der Waals surface area contributed by atoms with E-state index in [0.717, 1.165) is 23.2 Å². The molecule has 0 bridgehead atoms. The minimum atomic E-state index is -0.251. The zero-order valence-electron chi connectivity index (χ0n) is 14.4. The van der Waals surface area contributed by atoms with Crippen LogP contribution in [0.4, 0.5) is 4.39 Å². The standard InChI is InChI=1S/C19H25FN2OS/c1-13-7-3-4-11-22(13)12-6-10-21-19(23)18-14(2)17-15(20)8-5-9-16(17)24-18/h5,8-9,13H,3-4,6-7,10-12H2,1-2H3,(H,21,23). The van der Waals surface area contributed by atoms with E-state index in [1.54, 1.807) is 6.07 Å². The molecule has 1 amide bonds. The highest BCUT2D eigenvalue weighted by Crippen LogP contribution is 2.32. The lowest BCUT2D eigenvalue weighted by Crippen LogP contribution is -2.39. The van der Waals surface area contributed by atoms with Crippen molar-refractivity contribution >= 4 is 27.3 Å². The molecule has 2 aromatic rings. The number of thiophene rings is 1. The van der Waals surface area contributed by atoms with Gasteiger partial charge in [0.1, 0.15) is 5.82 Å². The number of carbonyl (C=O) groups excluding carboxylic acids is 1. The van der Waals surface area contributed by atoms with Crippen molar-refractivity contribution in [2.45, 2.75) is 45.6 Å². The van der Waals surface area contributed by atoms with Gasteiger partial charge in [0.15, 0.2) is 0 Å². The van der Waals surface area contributed by atoms with Gasteiger partial charge in [-0.25, -0.2) is 4.39 Å². The van der Waals surface area contributed by atoms with Gasteiger partial charge in [0, 0.05) is 29.2 Å². The molecule has 5 heteroatoms. The van der Waals surface area contributed by atoms with Crippen LogP contribution in [-0.2, 0) is 0 Å². The van der Waals surface area contributed by atoms with Crippen LogP contribution in [0.25, 0.3) is 10.1 Å². The monoisotopic (exact) mass is 348 g/mol. The van der Waals surface area contributed by atoms with Crippen molar-refractivity contribution in [3.63, 3.8) is 0 Å². The van der Waals surface area contributed by atoms with Crippen LogP contribution in [-0.4, -0.2) is 36.5 Å². The number of benzene rings is 1. The molecule has 1 aliphatic rings. The lowest BCUT2D eigenvalue weighted by Gasteiger charge is -2.33. The van der Waals surface area contributed by atoms with Crippen molar-refractivity contribution in [3.8, 4) is 0 Å². The summed E-state index contributed by atoms with van der Waals surface area (Å²) in [6, 6.07) is 5.66. The predicted molar refractivity (Wildman–Crippen MR) is 98.4 cm³/mol. The first kappa shape index (κ1) is 17.4. The van der Waals surface area contributed by atoms with Crippen LogP contribution in [0.2, 0.25) is 0 Å². The van der Waals surface area contributed by atoms with Crippen molar-refractivity contribution in [2.75, 3.05) is 19.6 Å². The Labute approximate surface area is 146 Å². The van der Waals surface area contributed by atoms with E-state index in [0.29, 0.717) is 22.8 Å². The number of fused-ring (bicyclic) bond motifs is 1. The number of hydrogen-bond donors (Lipinski definition) is 1. The van der Waals surface area contributed by atoms with Crippen LogP contribution < -0.4 is 5.32 Å². The first-order valence-corrected chi connectivity index (χ1v) is 9.59. The average Bonchev–Trinajstić information content (AvgIpc) is 2.91. The fourth-order valence-electron chi connectivity index (χ4n) is 3.52. The molecular formula is C19H25FN2OS. The molecule has 3 nitrogen and oxygen atoms in total. The molecule has 1 fully saturated rings. The molecule has 0 aliphatic carbocycles. The third-order valence-electron chi connectivity index (χ3n) is 4.96. The fraction of sp³-hybridized carbons (Fsp3) is 0.526. The number of aryl methyl sites for hydroxylation is 1. The molecule has 0 radical (unpaired) electrons. The van der Waals surface area contributed by atoms with Gasteiger partial charge in [0.25, 0.3) is 5.91 Å². The van der Waals surface area contributed by atoms with E-state index in [1.165, 1.54) is 43.2 Å². The second-order valence-corrected chi connectivity index (χ2v) is 7.71. The summed E-state index contributed by atoms with van der Waals surface area (Å²) in [4.78, 5) is 15.6. The fourth-order valence-corrected chi connectivity index (χ4v) is 4.66. The zero-order valence-corrected chi connectivity index (χ0v) is 15.2. The summed E-state index contributed by atoms with van der Waals surface area (Å²) in [5.41, 5.74) is 0.746. The summed E-state index contributed by atoms with van der Waals surface area (Å²) in [7, 11) is 0. The highest BCUT2D eigenvalue weighted by atomic mass is 32.1. The smallest absolute Gasteiger partial charge is 0.261 e. The van der Waals surface area contributed by atoms with Gasteiger partial charge >= 0.3 is 0 Å².